The first-order valence-electron chi connectivity index (χ1n) is 11.6. The van der Waals surface area contributed by atoms with Crippen LogP contribution in [0.1, 0.15) is 33.3 Å². The molecule has 1 fully saturated rings. The van der Waals surface area contributed by atoms with Gasteiger partial charge < -0.3 is 14.0 Å². The van der Waals surface area contributed by atoms with E-state index in [0.29, 0.717) is 27.9 Å². The van der Waals surface area contributed by atoms with Gasteiger partial charge in [-0.1, -0.05) is 17.7 Å². The van der Waals surface area contributed by atoms with Crippen LogP contribution in [0.15, 0.2) is 66.0 Å². The Morgan fingerprint density at radius 2 is 1.64 bits per heavy atom. The Balaban J connectivity index is 1.73. The number of pyridine rings is 2. The van der Waals surface area contributed by atoms with Gasteiger partial charge in [-0.05, 0) is 65.0 Å². The lowest BCUT2D eigenvalue weighted by Crippen LogP contribution is -2.41. The van der Waals surface area contributed by atoms with Gasteiger partial charge in [-0.2, -0.15) is 0 Å². The summed E-state index contributed by atoms with van der Waals surface area (Å²) in [5, 5.41) is 0.615. The fourth-order valence-corrected chi connectivity index (χ4v) is 5.51. The van der Waals surface area contributed by atoms with Gasteiger partial charge in [-0.25, -0.2) is 22.4 Å². The normalized spacial score (nSPS) is 17.0. The maximum Gasteiger partial charge on any atom is 0.496 e. The Kier molecular flexibility index (Phi) is 5.74. The molecule has 10 heteroatoms. The molecule has 1 saturated heterocycles. The minimum absolute atomic E-state index is 0.173. The van der Waals surface area contributed by atoms with E-state index in [1.54, 1.807) is 48.9 Å². The van der Waals surface area contributed by atoms with E-state index in [4.69, 9.17) is 14.0 Å². The third-order valence-corrected chi connectivity index (χ3v) is 8.66. The Morgan fingerprint density at radius 3 is 2.28 bits per heavy atom. The number of benzene rings is 1. The highest BCUT2D eigenvalue weighted by atomic mass is 32.2. The molecule has 0 amide bonds. The van der Waals surface area contributed by atoms with E-state index in [1.165, 1.54) is 11.1 Å². The highest BCUT2D eigenvalue weighted by molar-refractivity contribution is 7.90. The first-order valence-corrected chi connectivity index (χ1v) is 13.1. The number of methoxy groups -OCH3 is 1. The molecule has 0 radical (unpaired) electrons. The summed E-state index contributed by atoms with van der Waals surface area (Å²) in [6.45, 7) is 9.84. The van der Waals surface area contributed by atoms with Gasteiger partial charge in [0.25, 0.3) is 10.0 Å². The number of fused-ring (bicyclic) bond motifs is 1. The van der Waals surface area contributed by atoms with Crippen LogP contribution in [-0.4, -0.2) is 47.8 Å². The van der Waals surface area contributed by atoms with Crippen molar-refractivity contribution < 1.29 is 22.5 Å². The van der Waals surface area contributed by atoms with E-state index >= 15 is 0 Å². The largest absolute Gasteiger partial charge is 0.496 e. The van der Waals surface area contributed by atoms with Gasteiger partial charge in [0, 0.05) is 40.6 Å². The molecule has 0 saturated carbocycles. The molecule has 186 valence electrons. The van der Waals surface area contributed by atoms with Gasteiger partial charge in [-0.15, -0.1) is 0 Å². The molecule has 4 heterocycles. The SMILES string of the molecule is COc1ncccc1-c1cn(S(=O)(=O)c2ccc(C)cc2)c2ncc(B3OC(C)(C)C(C)(C)O3)cc12. The minimum Gasteiger partial charge on any atom is -0.481 e. The Bertz CT molecular complexity index is 1550. The maximum absolute atomic E-state index is 13.7. The molecule has 1 aliphatic heterocycles. The standard InChI is InChI=1S/C26H28BN3O5S/c1-17-9-11-19(12-10-17)36(31,32)30-16-22(20-8-7-13-28-24(20)33-6)21-14-18(15-29-23(21)30)27-34-25(2,3)26(4,5)35-27/h7-16H,1-6H3. The van der Waals surface area contributed by atoms with Crippen LogP contribution in [0.4, 0.5) is 0 Å². The number of aromatic nitrogens is 3. The molecular formula is C26H28BN3O5S. The van der Waals surface area contributed by atoms with E-state index in [9.17, 15) is 8.42 Å². The van der Waals surface area contributed by atoms with Gasteiger partial charge in [0.15, 0.2) is 5.65 Å². The number of ether oxygens (including phenoxy) is 1. The molecule has 4 aromatic rings. The third-order valence-electron chi connectivity index (χ3n) is 6.99. The highest BCUT2D eigenvalue weighted by Crippen LogP contribution is 2.38. The smallest absolute Gasteiger partial charge is 0.481 e. The first kappa shape index (κ1) is 24.5. The van der Waals surface area contributed by atoms with Crippen molar-refractivity contribution in [1.82, 2.24) is 13.9 Å². The zero-order valence-corrected chi connectivity index (χ0v) is 22.0. The van der Waals surface area contributed by atoms with Crippen LogP contribution >= 0.6 is 0 Å². The monoisotopic (exact) mass is 505 g/mol. The summed E-state index contributed by atoms with van der Waals surface area (Å²) in [7, 11) is -3.04. The van der Waals surface area contributed by atoms with Gasteiger partial charge in [0.1, 0.15) is 0 Å². The number of hydrogen-bond donors (Lipinski definition) is 0. The van der Waals surface area contributed by atoms with E-state index in [2.05, 4.69) is 9.97 Å². The van der Waals surface area contributed by atoms with Crippen molar-refractivity contribution in [2.24, 2.45) is 0 Å². The Labute approximate surface area is 211 Å². The number of aryl methyl sites for hydroxylation is 1. The average Bonchev–Trinajstić information content (AvgIpc) is 3.33. The van der Waals surface area contributed by atoms with Gasteiger partial charge >= 0.3 is 7.12 Å². The second-order valence-corrected chi connectivity index (χ2v) is 11.8. The fourth-order valence-electron chi connectivity index (χ4n) is 4.18. The third kappa shape index (κ3) is 3.89. The van der Waals surface area contributed by atoms with E-state index < -0.39 is 28.3 Å². The van der Waals surface area contributed by atoms with Gasteiger partial charge in [0.05, 0.1) is 23.2 Å². The molecule has 3 aromatic heterocycles. The second kappa shape index (κ2) is 8.43. The predicted octanol–water partition coefficient (Wildman–Crippen LogP) is 3.95. The number of hydrogen-bond acceptors (Lipinski definition) is 7. The molecule has 5 rings (SSSR count). The van der Waals surface area contributed by atoms with Crippen molar-refractivity contribution >= 4 is 33.6 Å². The number of rotatable bonds is 5. The van der Waals surface area contributed by atoms with Crippen LogP contribution < -0.4 is 10.2 Å². The van der Waals surface area contributed by atoms with Crippen molar-refractivity contribution in [2.45, 2.75) is 50.7 Å². The molecule has 1 aromatic carbocycles. The topological polar surface area (TPSA) is 92.5 Å². The van der Waals surface area contributed by atoms with Crippen LogP contribution in [0.3, 0.4) is 0 Å². The second-order valence-electron chi connectivity index (χ2n) is 9.94. The van der Waals surface area contributed by atoms with Crippen molar-refractivity contribution in [1.29, 1.82) is 0 Å². The van der Waals surface area contributed by atoms with Crippen molar-refractivity contribution in [3.63, 3.8) is 0 Å². The van der Waals surface area contributed by atoms with Crippen molar-refractivity contribution in [2.75, 3.05) is 7.11 Å². The molecule has 1 aliphatic rings. The molecule has 0 spiro atoms. The van der Waals surface area contributed by atoms with E-state index in [1.807, 2.05) is 46.8 Å². The Morgan fingerprint density at radius 1 is 0.972 bits per heavy atom. The summed E-state index contributed by atoms with van der Waals surface area (Å²) < 4.78 is 46.5. The lowest BCUT2D eigenvalue weighted by atomic mass is 9.79. The summed E-state index contributed by atoms with van der Waals surface area (Å²) in [5.74, 6) is 0.380. The molecule has 0 atom stereocenters. The van der Waals surface area contributed by atoms with Crippen LogP contribution in [0.5, 0.6) is 5.88 Å². The minimum atomic E-state index is -3.93. The van der Waals surface area contributed by atoms with Crippen molar-refractivity contribution in [3.8, 4) is 17.0 Å². The zero-order chi connectivity index (χ0) is 25.9. The molecule has 0 unspecified atom stereocenters. The first-order chi connectivity index (χ1) is 16.9. The average molecular weight is 505 g/mol. The highest BCUT2D eigenvalue weighted by Gasteiger charge is 2.52. The molecular weight excluding hydrogens is 477 g/mol. The van der Waals surface area contributed by atoms with Gasteiger partial charge in [-0.3, -0.25) is 0 Å². The molecule has 0 N–H and O–H groups in total. The summed E-state index contributed by atoms with van der Waals surface area (Å²) in [6, 6.07) is 12.2. The molecule has 0 aliphatic carbocycles. The van der Waals surface area contributed by atoms with Crippen LogP contribution in [0.25, 0.3) is 22.2 Å². The quantitative estimate of drug-likeness (QED) is 0.379. The predicted molar refractivity (Wildman–Crippen MR) is 139 cm³/mol. The zero-order valence-electron chi connectivity index (χ0n) is 21.1. The molecule has 8 nitrogen and oxygen atoms in total. The summed E-state index contributed by atoms with van der Waals surface area (Å²) in [6.07, 6.45) is 4.80. The summed E-state index contributed by atoms with van der Waals surface area (Å²) in [5.41, 5.74) is 2.17. The summed E-state index contributed by atoms with van der Waals surface area (Å²) >= 11 is 0. The lowest BCUT2D eigenvalue weighted by Gasteiger charge is -2.32. The maximum atomic E-state index is 13.7. The fraction of sp³-hybridized carbons (Fsp3) is 0.308. The summed E-state index contributed by atoms with van der Waals surface area (Å²) in [4.78, 5) is 9.07. The number of nitrogens with zero attached hydrogens (tertiary/aromatic N) is 3. The van der Waals surface area contributed by atoms with E-state index in [-0.39, 0.29) is 10.5 Å². The van der Waals surface area contributed by atoms with Crippen molar-refractivity contribution in [3.05, 3.63) is 66.6 Å². The molecule has 36 heavy (non-hydrogen) atoms. The van der Waals surface area contributed by atoms with Gasteiger partial charge in [0.2, 0.25) is 5.88 Å². The van der Waals surface area contributed by atoms with Crippen LogP contribution in [-0.2, 0) is 19.3 Å². The van der Waals surface area contributed by atoms with E-state index in [0.717, 1.165) is 5.56 Å². The molecule has 0 bridgehead atoms. The van der Waals surface area contributed by atoms with Crippen LogP contribution in [0.2, 0.25) is 0 Å². The van der Waals surface area contributed by atoms with Crippen LogP contribution in [0, 0.1) is 6.92 Å². The Hall–Kier alpha value is -3.21. The lowest BCUT2D eigenvalue weighted by molar-refractivity contribution is 0.00578.